The Morgan fingerprint density at radius 3 is 2.37 bits per heavy atom. The first-order valence-electron chi connectivity index (χ1n) is 6.41. The molecule has 1 saturated carbocycles. The van der Waals surface area contributed by atoms with E-state index < -0.39 is 0 Å². The van der Waals surface area contributed by atoms with E-state index in [0.29, 0.717) is 27.3 Å². The fraction of sp³-hybridized carbons (Fsp3) is 0.533. The number of carbonyl (C=O) groups is 1. The molecule has 1 aromatic rings. The van der Waals surface area contributed by atoms with E-state index in [4.69, 9.17) is 11.6 Å². The van der Waals surface area contributed by atoms with E-state index in [-0.39, 0.29) is 5.91 Å². The van der Waals surface area contributed by atoms with Gasteiger partial charge in [-0.1, -0.05) is 39.3 Å². The molecule has 0 saturated heterocycles. The fourth-order valence-corrected chi connectivity index (χ4v) is 3.29. The van der Waals surface area contributed by atoms with Gasteiger partial charge in [-0.25, -0.2) is 0 Å². The SMILES string of the molecule is CC1(C)C(CNC(=O)c2ccc(I)c(Cl)c2)C1(C)C. The molecule has 0 atom stereocenters. The molecule has 0 unspecified atom stereocenters. The second kappa shape index (κ2) is 4.92. The van der Waals surface area contributed by atoms with Crippen LogP contribution in [0.5, 0.6) is 0 Å². The van der Waals surface area contributed by atoms with Gasteiger partial charge in [-0.05, 0) is 57.5 Å². The Morgan fingerprint density at radius 1 is 1.32 bits per heavy atom. The average Bonchev–Trinajstić information content (AvgIpc) is 2.70. The molecule has 0 spiro atoms. The average molecular weight is 392 g/mol. The lowest BCUT2D eigenvalue weighted by Gasteiger charge is -2.07. The molecular weight excluding hydrogens is 373 g/mol. The van der Waals surface area contributed by atoms with Crippen LogP contribution >= 0.6 is 34.2 Å². The van der Waals surface area contributed by atoms with Crippen molar-refractivity contribution in [2.24, 2.45) is 16.7 Å². The van der Waals surface area contributed by atoms with Crippen LogP contribution in [0.4, 0.5) is 0 Å². The van der Waals surface area contributed by atoms with Gasteiger partial charge in [0.2, 0.25) is 0 Å². The molecule has 1 aliphatic carbocycles. The number of carbonyl (C=O) groups excluding carboxylic acids is 1. The summed E-state index contributed by atoms with van der Waals surface area (Å²) in [4.78, 5) is 12.1. The van der Waals surface area contributed by atoms with Crippen molar-refractivity contribution in [3.8, 4) is 0 Å². The number of amides is 1. The first kappa shape index (κ1) is 15.1. The van der Waals surface area contributed by atoms with Gasteiger partial charge < -0.3 is 5.32 Å². The molecule has 1 aromatic carbocycles. The van der Waals surface area contributed by atoms with Crippen molar-refractivity contribution in [3.05, 3.63) is 32.4 Å². The summed E-state index contributed by atoms with van der Waals surface area (Å²) in [5.74, 6) is 0.486. The molecule has 2 rings (SSSR count). The fourth-order valence-electron chi connectivity index (χ4n) is 2.78. The molecule has 1 amide bonds. The highest BCUT2D eigenvalue weighted by Gasteiger charge is 2.64. The topological polar surface area (TPSA) is 29.1 Å². The van der Waals surface area contributed by atoms with E-state index in [1.54, 1.807) is 6.07 Å². The van der Waals surface area contributed by atoms with Gasteiger partial charge in [-0.3, -0.25) is 4.79 Å². The van der Waals surface area contributed by atoms with E-state index >= 15 is 0 Å². The largest absolute Gasteiger partial charge is 0.352 e. The standard InChI is InChI=1S/C15H19ClINO/c1-14(2)12(15(14,3)4)8-18-13(19)9-5-6-11(17)10(16)7-9/h5-7,12H,8H2,1-4H3,(H,18,19). The van der Waals surface area contributed by atoms with Crippen molar-refractivity contribution in [1.29, 1.82) is 0 Å². The summed E-state index contributed by atoms with van der Waals surface area (Å²) in [5.41, 5.74) is 1.22. The lowest BCUT2D eigenvalue weighted by atomic mass is 10.0. The number of rotatable bonds is 3. The van der Waals surface area contributed by atoms with Crippen LogP contribution in [0.2, 0.25) is 5.02 Å². The summed E-state index contributed by atoms with van der Waals surface area (Å²) in [6.45, 7) is 9.75. The van der Waals surface area contributed by atoms with Crippen molar-refractivity contribution in [1.82, 2.24) is 5.32 Å². The lowest BCUT2D eigenvalue weighted by molar-refractivity contribution is 0.0950. The second-order valence-corrected chi connectivity index (χ2v) is 7.90. The van der Waals surface area contributed by atoms with Crippen LogP contribution in [0.25, 0.3) is 0 Å². The Hall–Kier alpha value is -0.290. The van der Waals surface area contributed by atoms with Crippen molar-refractivity contribution in [2.45, 2.75) is 27.7 Å². The molecule has 4 heteroatoms. The number of halogens is 2. The molecule has 0 bridgehead atoms. The summed E-state index contributed by atoms with van der Waals surface area (Å²) in [5, 5.41) is 3.64. The van der Waals surface area contributed by atoms with Gasteiger partial charge >= 0.3 is 0 Å². The van der Waals surface area contributed by atoms with E-state index in [1.165, 1.54) is 0 Å². The Morgan fingerprint density at radius 2 is 1.89 bits per heavy atom. The normalized spacial score (nSPS) is 20.1. The van der Waals surface area contributed by atoms with Gasteiger partial charge in [0.1, 0.15) is 0 Å². The molecule has 1 N–H and O–H groups in total. The zero-order valence-corrected chi connectivity index (χ0v) is 14.6. The predicted octanol–water partition coefficient (Wildman–Crippen LogP) is 4.36. The Bertz CT molecular complexity index is 511. The van der Waals surface area contributed by atoms with E-state index in [1.807, 2.05) is 12.1 Å². The van der Waals surface area contributed by atoms with Crippen molar-refractivity contribution in [3.63, 3.8) is 0 Å². The van der Waals surface area contributed by atoms with Gasteiger partial charge in [-0.15, -0.1) is 0 Å². The molecule has 0 radical (unpaired) electrons. The maximum atomic E-state index is 12.1. The van der Waals surface area contributed by atoms with E-state index in [0.717, 1.165) is 10.1 Å². The third kappa shape index (κ3) is 2.64. The molecule has 2 nitrogen and oxygen atoms in total. The highest BCUT2D eigenvalue weighted by Crippen LogP contribution is 2.67. The van der Waals surface area contributed by atoms with Crippen molar-refractivity contribution >= 4 is 40.1 Å². The lowest BCUT2D eigenvalue weighted by Crippen LogP contribution is -2.27. The third-order valence-electron chi connectivity index (χ3n) is 4.97. The zero-order valence-electron chi connectivity index (χ0n) is 11.7. The first-order valence-corrected chi connectivity index (χ1v) is 7.87. The molecule has 0 aromatic heterocycles. The molecular formula is C15H19ClINO. The second-order valence-electron chi connectivity index (χ2n) is 6.33. The van der Waals surface area contributed by atoms with Gasteiger partial charge in [0.15, 0.2) is 0 Å². The summed E-state index contributed by atoms with van der Waals surface area (Å²) in [6, 6.07) is 5.40. The molecule has 0 aliphatic heterocycles. The van der Waals surface area contributed by atoms with E-state index in [2.05, 4.69) is 55.6 Å². The minimum Gasteiger partial charge on any atom is -0.352 e. The number of hydrogen-bond donors (Lipinski definition) is 1. The van der Waals surface area contributed by atoms with Crippen molar-refractivity contribution in [2.75, 3.05) is 6.54 Å². The molecule has 19 heavy (non-hydrogen) atoms. The maximum absolute atomic E-state index is 12.1. The number of hydrogen-bond acceptors (Lipinski definition) is 1. The highest BCUT2D eigenvalue weighted by atomic mass is 127. The van der Waals surface area contributed by atoms with Gasteiger partial charge in [0, 0.05) is 15.7 Å². The maximum Gasteiger partial charge on any atom is 0.251 e. The van der Waals surface area contributed by atoms with Crippen LogP contribution in [-0.2, 0) is 0 Å². The van der Waals surface area contributed by atoms with Crippen LogP contribution in [0.15, 0.2) is 18.2 Å². The first-order chi connectivity index (χ1) is 8.68. The number of nitrogens with one attached hydrogen (secondary N) is 1. The Kier molecular flexibility index (Phi) is 3.91. The Labute approximate surface area is 133 Å². The van der Waals surface area contributed by atoms with Crippen LogP contribution in [0.1, 0.15) is 38.1 Å². The monoisotopic (exact) mass is 391 g/mol. The van der Waals surface area contributed by atoms with Crippen molar-refractivity contribution < 1.29 is 4.79 Å². The zero-order chi connectivity index (χ0) is 14.4. The minimum atomic E-state index is -0.0446. The third-order valence-corrected chi connectivity index (χ3v) is 6.54. The molecule has 0 heterocycles. The molecule has 1 aliphatic rings. The van der Waals surface area contributed by atoms with Gasteiger partial charge in [0.05, 0.1) is 5.02 Å². The Balaban J connectivity index is 1.98. The summed E-state index contributed by atoms with van der Waals surface area (Å²) >= 11 is 8.19. The van der Waals surface area contributed by atoms with Gasteiger partial charge in [0.25, 0.3) is 5.91 Å². The van der Waals surface area contributed by atoms with Crippen LogP contribution in [0.3, 0.4) is 0 Å². The van der Waals surface area contributed by atoms with E-state index in [9.17, 15) is 4.79 Å². The summed E-state index contributed by atoms with van der Waals surface area (Å²) in [7, 11) is 0. The van der Waals surface area contributed by atoms with Crippen LogP contribution in [-0.4, -0.2) is 12.5 Å². The smallest absolute Gasteiger partial charge is 0.251 e. The molecule has 1 fully saturated rings. The predicted molar refractivity (Wildman–Crippen MR) is 87.6 cm³/mol. The molecule has 104 valence electrons. The number of benzene rings is 1. The summed E-state index contributed by atoms with van der Waals surface area (Å²) in [6.07, 6.45) is 0. The van der Waals surface area contributed by atoms with Crippen LogP contribution in [0, 0.1) is 20.3 Å². The highest BCUT2D eigenvalue weighted by molar-refractivity contribution is 14.1. The van der Waals surface area contributed by atoms with Gasteiger partial charge in [-0.2, -0.15) is 0 Å². The summed E-state index contributed by atoms with van der Waals surface area (Å²) < 4.78 is 0.959. The quantitative estimate of drug-likeness (QED) is 0.762. The minimum absolute atomic E-state index is 0.0446. The van der Waals surface area contributed by atoms with Crippen LogP contribution < -0.4 is 5.32 Å².